The molecule has 2 amide bonds. The van der Waals surface area contributed by atoms with Crippen LogP contribution in [0, 0.1) is 11.8 Å². The number of carbonyl (C=O) groups is 2. The summed E-state index contributed by atoms with van der Waals surface area (Å²) >= 11 is 0. The lowest BCUT2D eigenvalue weighted by Gasteiger charge is -2.18. The third kappa shape index (κ3) is 3.36. The number of amides is 2. The van der Waals surface area contributed by atoms with Gasteiger partial charge in [0.1, 0.15) is 0 Å². The summed E-state index contributed by atoms with van der Waals surface area (Å²) in [6, 6.07) is 7.25. The summed E-state index contributed by atoms with van der Waals surface area (Å²) < 4.78 is 0. The molecule has 5 nitrogen and oxygen atoms in total. The Hall–Kier alpha value is -1.88. The van der Waals surface area contributed by atoms with Crippen LogP contribution in [0.15, 0.2) is 24.3 Å². The highest BCUT2D eigenvalue weighted by atomic mass is 16.2. The van der Waals surface area contributed by atoms with Crippen LogP contribution in [0.4, 0.5) is 5.69 Å². The highest BCUT2D eigenvalue weighted by molar-refractivity contribution is 5.94. The van der Waals surface area contributed by atoms with Gasteiger partial charge in [-0.3, -0.25) is 9.59 Å². The molecule has 1 aliphatic carbocycles. The smallest absolute Gasteiger partial charge is 0.227 e. The van der Waals surface area contributed by atoms with Crippen LogP contribution in [0.1, 0.15) is 24.8 Å². The Bertz CT molecular complexity index is 502. The van der Waals surface area contributed by atoms with Gasteiger partial charge in [0, 0.05) is 11.6 Å². The van der Waals surface area contributed by atoms with Gasteiger partial charge in [-0.25, -0.2) is 0 Å². The fourth-order valence-electron chi connectivity index (χ4n) is 2.87. The molecule has 1 aliphatic rings. The molecule has 1 aromatic carbocycles. The van der Waals surface area contributed by atoms with Crippen molar-refractivity contribution in [2.45, 2.75) is 25.7 Å². The summed E-state index contributed by atoms with van der Waals surface area (Å²) in [7, 11) is 0. The van der Waals surface area contributed by atoms with Crippen LogP contribution in [0.2, 0.25) is 0 Å². The van der Waals surface area contributed by atoms with Crippen LogP contribution < -0.4 is 16.8 Å². The normalized spacial score (nSPS) is 21.6. The fraction of sp³-hybridized carbons (Fsp3) is 0.467. The zero-order valence-electron chi connectivity index (χ0n) is 11.5. The largest absolute Gasteiger partial charge is 0.369 e. The van der Waals surface area contributed by atoms with E-state index < -0.39 is 5.91 Å². The standard InChI is InChI=1S/C15H21N3O2/c16-9-11-5-3-6-12(11)15(20)18-13-7-2-1-4-10(13)8-14(17)19/h1-2,4,7,11-12H,3,5-6,8-9,16H2,(H2,17,19)(H,18,20). The van der Waals surface area contributed by atoms with Crippen molar-refractivity contribution in [3.05, 3.63) is 29.8 Å². The van der Waals surface area contributed by atoms with Crippen molar-refractivity contribution in [3.63, 3.8) is 0 Å². The minimum absolute atomic E-state index is 0.00475. The van der Waals surface area contributed by atoms with Crippen molar-refractivity contribution in [2.75, 3.05) is 11.9 Å². The number of carbonyl (C=O) groups excluding carboxylic acids is 2. The van der Waals surface area contributed by atoms with Crippen molar-refractivity contribution in [1.29, 1.82) is 0 Å². The van der Waals surface area contributed by atoms with E-state index in [9.17, 15) is 9.59 Å². The average molecular weight is 275 g/mol. The van der Waals surface area contributed by atoms with E-state index in [1.165, 1.54) is 0 Å². The number of hydrogen-bond donors (Lipinski definition) is 3. The summed E-state index contributed by atoms with van der Waals surface area (Å²) in [5.74, 6) is -0.179. The molecule has 0 saturated heterocycles. The first-order valence-corrected chi connectivity index (χ1v) is 6.99. The van der Waals surface area contributed by atoms with Crippen LogP contribution in [0.3, 0.4) is 0 Å². The molecule has 2 unspecified atom stereocenters. The Kier molecular flexibility index (Phi) is 4.74. The molecule has 0 spiro atoms. The Balaban J connectivity index is 2.09. The van der Waals surface area contributed by atoms with Gasteiger partial charge in [0.05, 0.1) is 6.42 Å². The Labute approximate surface area is 118 Å². The Morgan fingerprint density at radius 2 is 2.00 bits per heavy atom. The van der Waals surface area contributed by atoms with Crippen LogP contribution in [0.5, 0.6) is 0 Å². The molecule has 1 aromatic rings. The van der Waals surface area contributed by atoms with E-state index in [0.717, 1.165) is 24.8 Å². The molecule has 2 rings (SSSR count). The van der Waals surface area contributed by atoms with Gasteiger partial charge in [-0.2, -0.15) is 0 Å². The lowest BCUT2D eigenvalue weighted by atomic mass is 9.95. The van der Waals surface area contributed by atoms with Gasteiger partial charge < -0.3 is 16.8 Å². The van der Waals surface area contributed by atoms with Crippen LogP contribution >= 0.6 is 0 Å². The first kappa shape index (κ1) is 14.5. The molecule has 0 bridgehead atoms. The molecule has 0 aromatic heterocycles. The molecule has 1 fully saturated rings. The van der Waals surface area contributed by atoms with Crippen molar-refractivity contribution < 1.29 is 9.59 Å². The molecule has 1 saturated carbocycles. The second-order valence-electron chi connectivity index (χ2n) is 5.32. The average Bonchev–Trinajstić information content (AvgIpc) is 2.88. The van der Waals surface area contributed by atoms with Gasteiger partial charge in [-0.05, 0) is 36.9 Å². The summed E-state index contributed by atoms with van der Waals surface area (Å²) in [6.45, 7) is 0.543. The molecular weight excluding hydrogens is 254 g/mol. The second kappa shape index (κ2) is 6.52. The molecule has 0 radical (unpaired) electrons. The minimum atomic E-state index is -0.410. The van der Waals surface area contributed by atoms with Gasteiger partial charge in [0.2, 0.25) is 11.8 Å². The maximum Gasteiger partial charge on any atom is 0.227 e. The first-order chi connectivity index (χ1) is 9.61. The molecule has 5 heteroatoms. The van der Waals surface area contributed by atoms with Crippen molar-refractivity contribution in [2.24, 2.45) is 23.3 Å². The fourth-order valence-corrected chi connectivity index (χ4v) is 2.87. The van der Waals surface area contributed by atoms with Crippen LogP contribution in [0.25, 0.3) is 0 Å². The van der Waals surface area contributed by atoms with E-state index in [1.54, 1.807) is 12.1 Å². The van der Waals surface area contributed by atoms with E-state index in [0.29, 0.717) is 12.2 Å². The van der Waals surface area contributed by atoms with Gasteiger partial charge in [-0.15, -0.1) is 0 Å². The van der Waals surface area contributed by atoms with Gasteiger partial charge in [-0.1, -0.05) is 24.6 Å². The molecule has 108 valence electrons. The van der Waals surface area contributed by atoms with Gasteiger partial charge in [0.25, 0.3) is 0 Å². The van der Waals surface area contributed by atoms with Crippen LogP contribution in [-0.2, 0) is 16.0 Å². The Morgan fingerprint density at radius 1 is 1.25 bits per heavy atom. The quantitative estimate of drug-likeness (QED) is 0.748. The number of nitrogens with one attached hydrogen (secondary N) is 1. The highest BCUT2D eigenvalue weighted by Gasteiger charge is 2.32. The molecule has 2 atom stereocenters. The molecule has 0 aliphatic heterocycles. The summed E-state index contributed by atoms with van der Waals surface area (Å²) in [5.41, 5.74) is 12.3. The van der Waals surface area contributed by atoms with Crippen LogP contribution in [-0.4, -0.2) is 18.4 Å². The molecule has 20 heavy (non-hydrogen) atoms. The number of anilines is 1. The monoisotopic (exact) mass is 275 g/mol. The highest BCUT2D eigenvalue weighted by Crippen LogP contribution is 2.32. The third-order valence-corrected chi connectivity index (χ3v) is 3.94. The Morgan fingerprint density at radius 3 is 2.70 bits per heavy atom. The van der Waals surface area contributed by atoms with Crippen molar-refractivity contribution in [1.82, 2.24) is 0 Å². The molecule has 5 N–H and O–H groups in total. The predicted octanol–water partition coefficient (Wildman–Crippen LogP) is 1.03. The third-order valence-electron chi connectivity index (χ3n) is 3.94. The van der Waals surface area contributed by atoms with Gasteiger partial charge in [0.15, 0.2) is 0 Å². The number of para-hydroxylation sites is 1. The molecular formula is C15H21N3O2. The first-order valence-electron chi connectivity index (χ1n) is 6.99. The number of hydrogen-bond acceptors (Lipinski definition) is 3. The topological polar surface area (TPSA) is 98.2 Å². The zero-order chi connectivity index (χ0) is 14.5. The number of benzene rings is 1. The van der Waals surface area contributed by atoms with Gasteiger partial charge >= 0.3 is 0 Å². The van der Waals surface area contributed by atoms with E-state index in [-0.39, 0.29) is 24.2 Å². The number of rotatable bonds is 5. The lowest BCUT2D eigenvalue weighted by Crippen LogP contribution is -2.30. The minimum Gasteiger partial charge on any atom is -0.369 e. The van der Waals surface area contributed by atoms with E-state index in [1.807, 2.05) is 12.1 Å². The SMILES string of the molecule is NCC1CCCC1C(=O)Nc1ccccc1CC(N)=O. The van der Waals surface area contributed by atoms with E-state index >= 15 is 0 Å². The second-order valence-corrected chi connectivity index (χ2v) is 5.32. The number of nitrogens with two attached hydrogens (primary N) is 2. The van der Waals surface area contributed by atoms with E-state index in [2.05, 4.69) is 5.32 Å². The summed E-state index contributed by atoms with van der Waals surface area (Å²) in [4.78, 5) is 23.4. The maximum absolute atomic E-state index is 12.3. The zero-order valence-corrected chi connectivity index (χ0v) is 11.5. The molecule has 0 heterocycles. The lowest BCUT2D eigenvalue weighted by molar-refractivity contribution is -0.121. The van der Waals surface area contributed by atoms with Crippen molar-refractivity contribution >= 4 is 17.5 Å². The summed E-state index contributed by atoms with van der Waals surface area (Å²) in [6.07, 6.45) is 3.06. The van der Waals surface area contributed by atoms with Crippen molar-refractivity contribution in [3.8, 4) is 0 Å². The number of primary amides is 1. The predicted molar refractivity (Wildman–Crippen MR) is 77.9 cm³/mol. The summed E-state index contributed by atoms with van der Waals surface area (Å²) in [5, 5.41) is 2.92. The van der Waals surface area contributed by atoms with E-state index in [4.69, 9.17) is 11.5 Å². The maximum atomic E-state index is 12.3.